The first-order chi connectivity index (χ1) is 5.24. The molecule has 0 spiro atoms. The summed E-state index contributed by atoms with van der Waals surface area (Å²) >= 11 is 0. The summed E-state index contributed by atoms with van der Waals surface area (Å²) < 4.78 is 0. The van der Waals surface area contributed by atoms with Gasteiger partial charge in [0.25, 0.3) is 0 Å². The fraction of sp³-hybridized carbons (Fsp3) is 0.125. The second-order valence-electron chi connectivity index (χ2n) is 2.20. The summed E-state index contributed by atoms with van der Waals surface area (Å²) in [7, 11) is 0. The largest absolute Gasteiger partial charge is 1.00 e. The maximum absolute atomic E-state index is 10.8. The van der Waals surface area contributed by atoms with Crippen LogP contribution in [0, 0.1) is 5.39 Å². The van der Waals surface area contributed by atoms with Crippen LogP contribution in [0.1, 0.15) is 17.3 Å². The van der Waals surface area contributed by atoms with E-state index in [1.54, 1.807) is 24.3 Å². The van der Waals surface area contributed by atoms with Crippen LogP contribution in [-0.2, 0) is 0 Å². The van der Waals surface area contributed by atoms with Gasteiger partial charge >= 0.3 is 5.69 Å². The van der Waals surface area contributed by atoms with Crippen LogP contribution in [-0.4, -0.2) is 5.78 Å². The maximum atomic E-state index is 10.8. The fourth-order valence-electron chi connectivity index (χ4n) is 0.763. The van der Waals surface area contributed by atoms with Crippen LogP contribution in [0.2, 0.25) is 0 Å². The van der Waals surface area contributed by atoms with Gasteiger partial charge in [-0.3, -0.25) is 4.79 Å². The second-order valence-corrected chi connectivity index (χ2v) is 2.20. The van der Waals surface area contributed by atoms with Crippen molar-refractivity contribution in [2.45, 2.75) is 6.92 Å². The number of carbonyl (C=O) groups is 1. The summed E-state index contributed by atoms with van der Waals surface area (Å²) in [6.07, 6.45) is 0. The van der Waals surface area contributed by atoms with Crippen LogP contribution in [0.25, 0.3) is 4.98 Å². The van der Waals surface area contributed by atoms with Crippen molar-refractivity contribution in [1.29, 1.82) is 5.39 Å². The van der Waals surface area contributed by atoms with Crippen molar-refractivity contribution in [2.24, 2.45) is 0 Å². The Labute approximate surface area is 76.4 Å². The highest BCUT2D eigenvalue weighted by Crippen LogP contribution is 2.12. The minimum absolute atomic E-state index is 0. The Hall–Kier alpha value is -1.40. The molecule has 1 rings (SSSR count). The Morgan fingerprint density at radius 3 is 2.17 bits per heavy atom. The van der Waals surface area contributed by atoms with Crippen LogP contribution in [0.5, 0.6) is 0 Å². The van der Waals surface area contributed by atoms with Crippen molar-refractivity contribution >= 4 is 11.5 Å². The highest BCUT2D eigenvalue weighted by atomic mass is 35.5. The van der Waals surface area contributed by atoms with Crippen LogP contribution >= 0.6 is 0 Å². The van der Waals surface area contributed by atoms with E-state index >= 15 is 0 Å². The lowest BCUT2D eigenvalue weighted by Gasteiger charge is -1.88. The van der Waals surface area contributed by atoms with Gasteiger partial charge in [-0.25, -0.2) is 0 Å². The molecule has 0 unspecified atom stereocenters. The van der Waals surface area contributed by atoms with Gasteiger partial charge in [0, 0.05) is 17.7 Å². The molecule has 0 N–H and O–H groups in total. The van der Waals surface area contributed by atoms with E-state index in [1.165, 1.54) is 6.92 Å². The number of diazo groups is 1. The molecular weight excluding hydrogens is 176 g/mol. The molecule has 0 aliphatic carbocycles. The summed E-state index contributed by atoms with van der Waals surface area (Å²) in [5.41, 5.74) is 1.08. The normalized spacial score (nSPS) is 8.00. The lowest BCUT2D eigenvalue weighted by molar-refractivity contribution is -0.0000105. The summed E-state index contributed by atoms with van der Waals surface area (Å²) in [5.74, 6) is 0.00879. The minimum atomic E-state index is 0. The van der Waals surface area contributed by atoms with Gasteiger partial charge in [0.1, 0.15) is 0 Å². The molecule has 3 nitrogen and oxygen atoms in total. The fourth-order valence-corrected chi connectivity index (χ4v) is 0.763. The SMILES string of the molecule is CC(=O)c1ccc([N+]#N)cc1.[Cl-]. The van der Waals surface area contributed by atoms with E-state index in [1.807, 2.05) is 0 Å². The molecule has 4 heteroatoms. The molecule has 0 atom stereocenters. The molecule has 0 amide bonds. The summed E-state index contributed by atoms with van der Waals surface area (Å²) in [5, 5.41) is 8.31. The van der Waals surface area contributed by atoms with Crippen molar-refractivity contribution < 1.29 is 17.2 Å². The van der Waals surface area contributed by atoms with Crippen LogP contribution < -0.4 is 12.4 Å². The lowest BCUT2D eigenvalue weighted by Crippen LogP contribution is -3.00. The molecule has 0 saturated carbocycles. The lowest BCUT2D eigenvalue weighted by atomic mass is 10.1. The van der Waals surface area contributed by atoms with E-state index in [0.717, 1.165) is 0 Å². The molecular formula is C8H7ClN2O. The van der Waals surface area contributed by atoms with Gasteiger partial charge in [-0.15, -0.1) is 0 Å². The van der Waals surface area contributed by atoms with Gasteiger partial charge in [0.15, 0.2) is 10.8 Å². The van der Waals surface area contributed by atoms with Gasteiger partial charge in [-0.2, -0.15) is 0 Å². The molecule has 0 bridgehead atoms. The van der Waals surface area contributed by atoms with Crippen molar-refractivity contribution in [3.63, 3.8) is 0 Å². The number of benzene rings is 1. The summed E-state index contributed by atoms with van der Waals surface area (Å²) in [6.45, 7) is 1.49. The van der Waals surface area contributed by atoms with Gasteiger partial charge in [0.2, 0.25) is 5.39 Å². The Kier molecular flexibility index (Phi) is 3.95. The number of hydrogen-bond donors (Lipinski definition) is 0. The average molecular weight is 183 g/mol. The molecule has 62 valence electrons. The van der Waals surface area contributed by atoms with Gasteiger partial charge in [-0.1, -0.05) is 0 Å². The Balaban J connectivity index is 0.00000121. The number of carbonyl (C=O) groups excluding carboxylic acids is 1. The number of nitrogens with zero attached hydrogens (tertiary/aromatic N) is 2. The summed E-state index contributed by atoms with van der Waals surface area (Å²) in [4.78, 5) is 13.7. The monoisotopic (exact) mass is 182 g/mol. The number of Topliss-reactive ketones (excluding diaryl/α,β-unsaturated/α-hetero) is 1. The number of hydrogen-bond acceptors (Lipinski definition) is 2. The first-order valence-corrected chi connectivity index (χ1v) is 3.20. The van der Waals surface area contributed by atoms with Crippen molar-refractivity contribution in [2.75, 3.05) is 0 Å². The number of rotatable bonds is 1. The quantitative estimate of drug-likeness (QED) is 0.429. The molecule has 0 saturated heterocycles. The van der Waals surface area contributed by atoms with Crippen molar-refractivity contribution in [3.05, 3.63) is 34.8 Å². The van der Waals surface area contributed by atoms with Gasteiger partial charge in [-0.05, 0) is 19.1 Å². The molecule has 0 aliphatic heterocycles. The maximum Gasteiger partial charge on any atom is 0.385 e. The smallest absolute Gasteiger partial charge is 0.385 e. The van der Waals surface area contributed by atoms with Crippen molar-refractivity contribution in [1.82, 2.24) is 0 Å². The topological polar surface area (TPSA) is 45.2 Å². The van der Waals surface area contributed by atoms with Crippen molar-refractivity contribution in [3.8, 4) is 0 Å². The zero-order chi connectivity index (χ0) is 8.27. The molecule has 0 aliphatic rings. The van der Waals surface area contributed by atoms with E-state index in [-0.39, 0.29) is 18.2 Å². The Morgan fingerprint density at radius 2 is 1.83 bits per heavy atom. The number of halogens is 1. The summed E-state index contributed by atoms with van der Waals surface area (Å²) in [6, 6.07) is 6.40. The second kappa shape index (κ2) is 4.47. The predicted molar refractivity (Wildman–Crippen MR) is 41.2 cm³/mol. The Bertz CT molecular complexity index is 313. The minimum Gasteiger partial charge on any atom is -1.00 e. The Morgan fingerprint density at radius 1 is 1.33 bits per heavy atom. The van der Waals surface area contributed by atoms with Crippen LogP contribution in [0.15, 0.2) is 24.3 Å². The molecule has 1 aromatic carbocycles. The molecule has 0 radical (unpaired) electrons. The predicted octanol–water partition coefficient (Wildman–Crippen LogP) is -0.622. The van der Waals surface area contributed by atoms with Gasteiger partial charge in [0.05, 0.1) is 0 Å². The zero-order valence-corrected chi connectivity index (χ0v) is 7.25. The molecule has 12 heavy (non-hydrogen) atoms. The first-order valence-electron chi connectivity index (χ1n) is 3.20. The van der Waals surface area contributed by atoms with Crippen LogP contribution in [0.3, 0.4) is 0 Å². The van der Waals surface area contributed by atoms with E-state index in [4.69, 9.17) is 5.39 Å². The molecule has 0 fully saturated rings. The third kappa shape index (κ3) is 2.33. The van der Waals surface area contributed by atoms with E-state index in [9.17, 15) is 4.79 Å². The average Bonchev–Trinajstić information content (AvgIpc) is 2.05. The van der Waals surface area contributed by atoms with E-state index in [0.29, 0.717) is 11.3 Å². The molecule has 0 aromatic heterocycles. The molecule has 1 aromatic rings. The van der Waals surface area contributed by atoms with Crippen LogP contribution in [0.4, 0.5) is 5.69 Å². The highest BCUT2D eigenvalue weighted by molar-refractivity contribution is 5.94. The van der Waals surface area contributed by atoms with E-state index in [2.05, 4.69) is 4.98 Å². The number of ketones is 1. The standard InChI is InChI=1S/C8H7N2O.ClH/c1-6(11)7-2-4-8(10-9)5-3-7;/h2-5H,1H3;1H/q+1;/p-1. The zero-order valence-electron chi connectivity index (χ0n) is 6.49. The first kappa shape index (κ1) is 10.6. The third-order valence-electron chi connectivity index (χ3n) is 1.39. The van der Waals surface area contributed by atoms with Gasteiger partial charge < -0.3 is 12.4 Å². The van der Waals surface area contributed by atoms with E-state index < -0.39 is 0 Å². The third-order valence-corrected chi connectivity index (χ3v) is 1.39. The highest BCUT2D eigenvalue weighted by Gasteiger charge is 2.04. The molecule has 0 heterocycles.